The predicted molar refractivity (Wildman–Crippen MR) is 113 cm³/mol. The molecule has 1 aromatic carbocycles. The van der Waals surface area contributed by atoms with Gasteiger partial charge in [0.05, 0.1) is 17.9 Å². The third kappa shape index (κ3) is 5.26. The first-order valence-electron chi connectivity index (χ1n) is 10.0. The van der Waals surface area contributed by atoms with Crippen LogP contribution in [0.3, 0.4) is 0 Å². The number of ether oxygens (including phenoxy) is 1. The van der Waals surface area contributed by atoms with E-state index in [1.807, 2.05) is 6.92 Å². The fourth-order valence-corrected chi connectivity index (χ4v) is 3.43. The van der Waals surface area contributed by atoms with E-state index in [9.17, 15) is 14.9 Å². The number of nitrogens with zero attached hydrogens (tertiary/aromatic N) is 3. The molecule has 0 unspecified atom stereocenters. The van der Waals surface area contributed by atoms with E-state index in [-0.39, 0.29) is 5.92 Å². The summed E-state index contributed by atoms with van der Waals surface area (Å²) in [7, 11) is 0. The topological polar surface area (TPSA) is 107 Å². The number of anilines is 2. The quantitative estimate of drug-likeness (QED) is 0.712. The van der Waals surface area contributed by atoms with Gasteiger partial charge >= 0.3 is 11.8 Å². The molecule has 0 bridgehead atoms. The number of aromatic nitrogens is 1. The molecule has 1 aliphatic heterocycles. The van der Waals surface area contributed by atoms with Crippen molar-refractivity contribution in [1.82, 2.24) is 10.3 Å². The molecule has 30 heavy (non-hydrogen) atoms. The summed E-state index contributed by atoms with van der Waals surface area (Å²) in [6, 6.07) is 12.7. The lowest BCUT2D eigenvalue weighted by Gasteiger charge is -2.33. The fraction of sp³-hybridized carbons (Fsp3) is 0.364. The molecule has 2 aromatic rings. The smallest absolute Gasteiger partial charge is 0.313 e. The highest BCUT2D eigenvalue weighted by Gasteiger charge is 2.23. The molecular formula is C22H25N5O3. The molecule has 156 valence electrons. The molecule has 0 atom stereocenters. The molecule has 0 radical (unpaired) electrons. The molecule has 1 aliphatic rings. The molecule has 1 aromatic heterocycles. The highest BCUT2D eigenvalue weighted by molar-refractivity contribution is 6.39. The van der Waals surface area contributed by atoms with E-state index in [0.717, 1.165) is 25.9 Å². The number of para-hydroxylation sites is 2. The second-order valence-corrected chi connectivity index (χ2v) is 7.01. The number of benzene rings is 1. The van der Waals surface area contributed by atoms with Crippen LogP contribution in [0.15, 0.2) is 42.6 Å². The van der Waals surface area contributed by atoms with Crippen LogP contribution in [0.2, 0.25) is 0 Å². The Morgan fingerprint density at radius 1 is 1.20 bits per heavy atom. The van der Waals surface area contributed by atoms with Gasteiger partial charge in [0.15, 0.2) is 0 Å². The molecule has 2 amide bonds. The highest BCUT2D eigenvalue weighted by atomic mass is 16.5. The van der Waals surface area contributed by atoms with Crippen molar-refractivity contribution in [3.05, 3.63) is 48.2 Å². The van der Waals surface area contributed by atoms with E-state index in [4.69, 9.17) is 4.74 Å². The zero-order chi connectivity index (χ0) is 21.3. The summed E-state index contributed by atoms with van der Waals surface area (Å²) in [5.74, 6) is 0.115. The SMILES string of the molecule is CCOc1ccccc1NC(=O)C(=O)NCC1CCN(c2ncccc2C#N)CC1. The molecule has 3 rings (SSSR count). The molecule has 0 aliphatic carbocycles. The number of hydrogen-bond acceptors (Lipinski definition) is 6. The summed E-state index contributed by atoms with van der Waals surface area (Å²) in [5.41, 5.74) is 1.03. The Kier molecular flexibility index (Phi) is 7.22. The van der Waals surface area contributed by atoms with Crippen molar-refractivity contribution in [1.29, 1.82) is 5.26 Å². The van der Waals surface area contributed by atoms with Gasteiger partial charge in [-0.15, -0.1) is 0 Å². The van der Waals surface area contributed by atoms with Crippen LogP contribution in [-0.4, -0.2) is 43.0 Å². The third-order valence-corrected chi connectivity index (χ3v) is 5.01. The Labute approximate surface area is 175 Å². The largest absolute Gasteiger partial charge is 0.492 e. The Hall–Kier alpha value is -3.60. The van der Waals surface area contributed by atoms with Crippen LogP contribution in [0.25, 0.3) is 0 Å². The molecule has 0 saturated carbocycles. The number of rotatable bonds is 6. The normalized spacial score (nSPS) is 13.9. The Bertz CT molecular complexity index is 932. The predicted octanol–water partition coefficient (Wildman–Crippen LogP) is 2.32. The first kappa shape index (κ1) is 21.1. The van der Waals surface area contributed by atoms with Gasteiger partial charge in [-0.25, -0.2) is 4.98 Å². The molecule has 2 heterocycles. The average molecular weight is 407 g/mol. The summed E-state index contributed by atoms with van der Waals surface area (Å²) < 4.78 is 5.46. The summed E-state index contributed by atoms with van der Waals surface area (Å²) in [6.45, 7) is 4.25. The highest BCUT2D eigenvalue weighted by Crippen LogP contribution is 2.25. The van der Waals surface area contributed by atoms with Gasteiger partial charge in [0.2, 0.25) is 0 Å². The molecular weight excluding hydrogens is 382 g/mol. The van der Waals surface area contributed by atoms with Crippen molar-refractivity contribution in [3.63, 3.8) is 0 Å². The maximum Gasteiger partial charge on any atom is 0.313 e. The van der Waals surface area contributed by atoms with E-state index < -0.39 is 11.8 Å². The van der Waals surface area contributed by atoms with Crippen molar-refractivity contribution < 1.29 is 14.3 Å². The van der Waals surface area contributed by atoms with Gasteiger partial charge in [-0.2, -0.15) is 5.26 Å². The molecule has 0 spiro atoms. The van der Waals surface area contributed by atoms with Gasteiger partial charge in [-0.1, -0.05) is 12.1 Å². The maximum atomic E-state index is 12.2. The molecule has 1 fully saturated rings. The molecule has 8 nitrogen and oxygen atoms in total. The summed E-state index contributed by atoms with van der Waals surface area (Å²) in [4.78, 5) is 30.8. The zero-order valence-electron chi connectivity index (χ0n) is 16.9. The van der Waals surface area contributed by atoms with Crippen LogP contribution in [0.5, 0.6) is 5.75 Å². The number of nitrogens with one attached hydrogen (secondary N) is 2. The second kappa shape index (κ2) is 10.3. The van der Waals surface area contributed by atoms with Crippen molar-refractivity contribution >= 4 is 23.3 Å². The number of amides is 2. The van der Waals surface area contributed by atoms with Gasteiger partial charge in [0.1, 0.15) is 17.6 Å². The number of pyridine rings is 1. The minimum atomic E-state index is -0.716. The lowest BCUT2D eigenvalue weighted by atomic mass is 9.96. The Morgan fingerprint density at radius 2 is 1.97 bits per heavy atom. The van der Waals surface area contributed by atoms with E-state index in [1.165, 1.54) is 0 Å². The van der Waals surface area contributed by atoms with Gasteiger partial charge in [-0.3, -0.25) is 9.59 Å². The van der Waals surface area contributed by atoms with Gasteiger partial charge in [0, 0.05) is 25.8 Å². The van der Waals surface area contributed by atoms with Crippen LogP contribution in [-0.2, 0) is 9.59 Å². The minimum Gasteiger partial charge on any atom is -0.492 e. The van der Waals surface area contributed by atoms with Crippen LogP contribution >= 0.6 is 0 Å². The van der Waals surface area contributed by atoms with Crippen molar-refractivity contribution in [2.45, 2.75) is 19.8 Å². The Morgan fingerprint density at radius 3 is 2.70 bits per heavy atom. The third-order valence-electron chi connectivity index (χ3n) is 5.01. The number of nitriles is 1. The van der Waals surface area contributed by atoms with Gasteiger partial charge in [-0.05, 0) is 49.9 Å². The summed E-state index contributed by atoms with van der Waals surface area (Å²) in [5, 5.41) is 14.6. The van der Waals surface area contributed by atoms with Gasteiger partial charge < -0.3 is 20.3 Å². The zero-order valence-corrected chi connectivity index (χ0v) is 16.9. The molecule has 1 saturated heterocycles. The van der Waals surface area contributed by atoms with E-state index in [0.29, 0.717) is 36.0 Å². The van der Waals surface area contributed by atoms with E-state index in [1.54, 1.807) is 42.6 Å². The van der Waals surface area contributed by atoms with Crippen LogP contribution in [0, 0.1) is 17.2 Å². The van der Waals surface area contributed by atoms with Crippen LogP contribution < -0.4 is 20.3 Å². The second-order valence-electron chi connectivity index (χ2n) is 7.01. The molecule has 2 N–H and O–H groups in total. The van der Waals surface area contributed by atoms with Gasteiger partial charge in [0.25, 0.3) is 0 Å². The van der Waals surface area contributed by atoms with Crippen molar-refractivity contribution in [2.75, 3.05) is 36.5 Å². The fourth-order valence-electron chi connectivity index (χ4n) is 3.43. The average Bonchev–Trinajstić information content (AvgIpc) is 2.79. The number of piperidine rings is 1. The maximum absolute atomic E-state index is 12.2. The standard InChI is InChI=1S/C22H25N5O3/c1-2-30-19-8-4-3-7-18(19)26-22(29)21(28)25-15-16-9-12-27(13-10-16)20-17(14-23)6-5-11-24-20/h3-8,11,16H,2,9-10,12-13,15H2,1H3,(H,25,28)(H,26,29). The number of carbonyl (C=O) groups is 2. The lowest BCUT2D eigenvalue weighted by molar-refractivity contribution is -0.136. The minimum absolute atomic E-state index is 0.267. The monoisotopic (exact) mass is 407 g/mol. The van der Waals surface area contributed by atoms with E-state index in [2.05, 4.69) is 26.6 Å². The van der Waals surface area contributed by atoms with E-state index >= 15 is 0 Å². The molecule has 8 heteroatoms. The summed E-state index contributed by atoms with van der Waals surface area (Å²) >= 11 is 0. The Balaban J connectivity index is 1.47. The number of hydrogen-bond donors (Lipinski definition) is 2. The lowest BCUT2D eigenvalue weighted by Crippen LogP contribution is -2.42. The first-order valence-corrected chi connectivity index (χ1v) is 10.0. The number of carbonyl (C=O) groups excluding carboxylic acids is 2. The van der Waals surface area contributed by atoms with Crippen molar-refractivity contribution in [2.24, 2.45) is 5.92 Å². The van der Waals surface area contributed by atoms with Crippen molar-refractivity contribution in [3.8, 4) is 11.8 Å². The summed E-state index contributed by atoms with van der Waals surface area (Å²) in [6.07, 6.45) is 3.37. The first-order chi connectivity index (χ1) is 14.6. The van der Waals surface area contributed by atoms with Crippen LogP contribution in [0.4, 0.5) is 11.5 Å². The van der Waals surface area contributed by atoms with Crippen LogP contribution in [0.1, 0.15) is 25.3 Å².